The Hall–Kier alpha value is -2.40. The number of rotatable bonds is 4. The molecule has 23 heavy (non-hydrogen) atoms. The third-order valence-corrected chi connectivity index (χ3v) is 3.89. The molecule has 0 aliphatic heterocycles. The van der Waals surface area contributed by atoms with Crippen molar-refractivity contribution in [2.24, 2.45) is 0 Å². The zero-order valence-corrected chi connectivity index (χ0v) is 14.1. The summed E-state index contributed by atoms with van der Waals surface area (Å²) < 4.78 is 6.72. The van der Waals surface area contributed by atoms with Crippen LogP contribution in [-0.2, 0) is 11.2 Å². The van der Waals surface area contributed by atoms with Gasteiger partial charge in [0.15, 0.2) is 0 Å². The van der Waals surface area contributed by atoms with Gasteiger partial charge in [0.05, 0.1) is 12.1 Å². The second kappa shape index (κ2) is 6.79. The smallest absolute Gasteiger partial charge is 0.232 e. The van der Waals surface area contributed by atoms with E-state index < -0.39 is 0 Å². The zero-order chi connectivity index (χ0) is 16.2. The number of hydrogen-bond acceptors (Lipinski definition) is 3. The number of nitrogens with one attached hydrogen (secondary N) is 1. The summed E-state index contributed by atoms with van der Waals surface area (Å²) in [5.74, 6) is 0.985. The fraction of sp³-hybridized carbons (Fsp3) is 0.111. The molecule has 0 fully saturated rings. The van der Waals surface area contributed by atoms with Gasteiger partial charge in [-0.15, -0.1) is 0 Å². The van der Waals surface area contributed by atoms with Crippen molar-refractivity contribution in [3.63, 3.8) is 0 Å². The molecule has 0 aliphatic rings. The fourth-order valence-corrected chi connectivity index (χ4v) is 2.44. The fourth-order valence-electron chi connectivity index (χ4n) is 2.18. The van der Waals surface area contributed by atoms with Crippen molar-refractivity contribution in [1.29, 1.82) is 0 Å². The van der Waals surface area contributed by atoms with Gasteiger partial charge < -0.3 is 9.73 Å². The van der Waals surface area contributed by atoms with Crippen LogP contribution < -0.4 is 5.32 Å². The first-order chi connectivity index (χ1) is 11.1. The van der Waals surface area contributed by atoms with Crippen LogP contribution >= 0.6 is 15.9 Å². The molecule has 0 radical (unpaired) electrons. The number of anilines is 1. The minimum Gasteiger partial charge on any atom is -0.440 e. The number of benzene rings is 2. The zero-order valence-electron chi connectivity index (χ0n) is 12.5. The van der Waals surface area contributed by atoms with Crippen molar-refractivity contribution in [2.75, 3.05) is 5.32 Å². The van der Waals surface area contributed by atoms with Gasteiger partial charge in [-0.2, -0.15) is 0 Å². The van der Waals surface area contributed by atoms with Crippen LogP contribution in [-0.4, -0.2) is 10.9 Å². The molecule has 2 aromatic carbocycles. The summed E-state index contributed by atoms with van der Waals surface area (Å²) in [5.41, 5.74) is 2.38. The highest BCUT2D eigenvalue weighted by atomic mass is 79.9. The second-order valence-electron chi connectivity index (χ2n) is 5.13. The van der Waals surface area contributed by atoms with E-state index in [0.29, 0.717) is 11.7 Å². The molecule has 3 aromatic rings. The number of carbonyl (C=O) groups is 1. The lowest BCUT2D eigenvalue weighted by Crippen LogP contribution is -2.14. The highest BCUT2D eigenvalue weighted by molar-refractivity contribution is 9.10. The van der Waals surface area contributed by atoms with Crippen LogP contribution in [0.15, 0.2) is 63.5 Å². The second-order valence-corrected chi connectivity index (χ2v) is 6.04. The van der Waals surface area contributed by atoms with E-state index in [1.807, 2.05) is 61.5 Å². The minimum atomic E-state index is -0.133. The topological polar surface area (TPSA) is 55.1 Å². The Kier molecular flexibility index (Phi) is 4.57. The van der Waals surface area contributed by atoms with E-state index >= 15 is 0 Å². The van der Waals surface area contributed by atoms with E-state index in [1.54, 1.807) is 0 Å². The Morgan fingerprint density at radius 2 is 1.83 bits per heavy atom. The molecule has 1 heterocycles. The van der Waals surface area contributed by atoms with Crippen LogP contribution in [0.5, 0.6) is 0 Å². The average Bonchev–Trinajstić information content (AvgIpc) is 2.91. The highest BCUT2D eigenvalue weighted by Crippen LogP contribution is 2.22. The van der Waals surface area contributed by atoms with Crippen molar-refractivity contribution in [3.05, 3.63) is 70.5 Å². The molecule has 4 nitrogen and oxygen atoms in total. The van der Waals surface area contributed by atoms with Gasteiger partial charge in [-0.25, -0.2) is 4.98 Å². The SMILES string of the molecule is Cc1nc(-c2ccccc2)oc1CC(=O)Nc1ccc(Br)cc1. The van der Waals surface area contributed by atoms with E-state index in [4.69, 9.17) is 4.42 Å². The van der Waals surface area contributed by atoms with Crippen LogP contribution in [0.4, 0.5) is 5.69 Å². The van der Waals surface area contributed by atoms with Crippen molar-refractivity contribution >= 4 is 27.5 Å². The molecular weight excluding hydrogens is 356 g/mol. The lowest BCUT2D eigenvalue weighted by atomic mass is 10.2. The summed E-state index contributed by atoms with van der Waals surface area (Å²) in [6.07, 6.45) is 0.154. The maximum absolute atomic E-state index is 12.2. The number of aryl methyl sites for hydroxylation is 1. The van der Waals surface area contributed by atoms with Crippen LogP contribution in [0.1, 0.15) is 11.5 Å². The molecule has 116 valence electrons. The number of amides is 1. The summed E-state index contributed by atoms with van der Waals surface area (Å²) >= 11 is 3.36. The van der Waals surface area contributed by atoms with Crippen LogP contribution in [0, 0.1) is 6.92 Å². The van der Waals surface area contributed by atoms with Crippen molar-refractivity contribution in [1.82, 2.24) is 4.98 Å². The molecule has 1 N–H and O–H groups in total. The molecule has 1 amide bonds. The summed E-state index contributed by atoms with van der Waals surface area (Å²) in [5, 5.41) is 2.85. The van der Waals surface area contributed by atoms with Gasteiger partial charge in [-0.3, -0.25) is 4.79 Å². The predicted molar refractivity (Wildman–Crippen MR) is 93.2 cm³/mol. The summed E-state index contributed by atoms with van der Waals surface area (Å²) in [7, 11) is 0. The Morgan fingerprint density at radius 1 is 1.13 bits per heavy atom. The Bertz CT molecular complexity index is 811. The van der Waals surface area contributed by atoms with E-state index in [2.05, 4.69) is 26.2 Å². The number of halogens is 1. The maximum Gasteiger partial charge on any atom is 0.232 e. The van der Waals surface area contributed by atoms with Crippen molar-refractivity contribution in [3.8, 4) is 11.5 Å². The number of carbonyl (C=O) groups excluding carboxylic acids is 1. The Labute approximate surface area is 142 Å². The summed E-state index contributed by atoms with van der Waals surface area (Å²) in [6.45, 7) is 1.85. The first kappa shape index (κ1) is 15.5. The quantitative estimate of drug-likeness (QED) is 0.730. The molecule has 0 unspecified atom stereocenters. The minimum absolute atomic E-state index is 0.133. The number of nitrogens with zero attached hydrogens (tertiary/aromatic N) is 1. The molecule has 0 bridgehead atoms. The maximum atomic E-state index is 12.2. The van der Waals surface area contributed by atoms with Gasteiger partial charge >= 0.3 is 0 Å². The largest absolute Gasteiger partial charge is 0.440 e. The molecule has 3 rings (SSSR count). The third-order valence-electron chi connectivity index (χ3n) is 3.36. The van der Waals surface area contributed by atoms with Crippen molar-refractivity contribution in [2.45, 2.75) is 13.3 Å². The normalized spacial score (nSPS) is 10.5. The third kappa shape index (κ3) is 3.87. The van der Waals surface area contributed by atoms with Crippen molar-refractivity contribution < 1.29 is 9.21 Å². The van der Waals surface area contributed by atoms with Crippen LogP contribution in [0.3, 0.4) is 0 Å². The van der Waals surface area contributed by atoms with E-state index in [1.165, 1.54) is 0 Å². The van der Waals surface area contributed by atoms with Gasteiger partial charge in [0.2, 0.25) is 11.8 Å². The number of hydrogen-bond donors (Lipinski definition) is 1. The first-order valence-electron chi connectivity index (χ1n) is 7.19. The lowest BCUT2D eigenvalue weighted by molar-refractivity contribution is -0.115. The first-order valence-corrected chi connectivity index (χ1v) is 7.98. The summed E-state index contributed by atoms with van der Waals surface area (Å²) in [4.78, 5) is 16.6. The molecule has 0 atom stereocenters. The van der Waals surface area contributed by atoms with Gasteiger partial charge in [0.25, 0.3) is 0 Å². The molecule has 1 aromatic heterocycles. The van der Waals surface area contributed by atoms with Gasteiger partial charge in [-0.05, 0) is 43.3 Å². The Morgan fingerprint density at radius 3 is 2.52 bits per heavy atom. The van der Waals surface area contributed by atoms with E-state index in [0.717, 1.165) is 21.4 Å². The summed E-state index contributed by atoms with van der Waals surface area (Å²) in [6, 6.07) is 17.1. The van der Waals surface area contributed by atoms with Gasteiger partial charge in [0.1, 0.15) is 5.76 Å². The molecular formula is C18H15BrN2O2. The standard InChI is InChI=1S/C18H15BrN2O2/c1-12-16(23-18(20-12)13-5-3-2-4-6-13)11-17(22)21-15-9-7-14(19)8-10-15/h2-10H,11H2,1H3,(H,21,22). The predicted octanol–water partition coefficient (Wildman–Crippen LogP) is 4.59. The Balaban J connectivity index is 1.71. The highest BCUT2D eigenvalue weighted by Gasteiger charge is 2.14. The molecule has 0 saturated heterocycles. The lowest BCUT2D eigenvalue weighted by Gasteiger charge is -2.04. The average molecular weight is 371 g/mol. The molecule has 0 spiro atoms. The van der Waals surface area contributed by atoms with E-state index in [9.17, 15) is 4.79 Å². The molecule has 0 aliphatic carbocycles. The monoisotopic (exact) mass is 370 g/mol. The van der Waals surface area contributed by atoms with Gasteiger partial charge in [-0.1, -0.05) is 34.1 Å². The van der Waals surface area contributed by atoms with Crippen LogP contribution in [0.25, 0.3) is 11.5 Å². The number of oxazole rings is 1. The number of aromatic nitrogens is 1. The molecule has 5 heteroatoms. The molecule has 0 saturated carbocycles. The van der Waals surface area contributed by atoms with Gasteiger partial charge in [0, 0.05) is 15.7 Å². The van der Waals surface area contributed by atoms with E-state index in [-0.39, 0.29) is 12.3 Å². The van der Waals surface area contributed by atoms with Crippen LogP contribution in [0.2, 0.25) is 0 Å².